The molecule has 0 bridgehead atoms. The van der Waals surface area contributed by atoms with Crippen molar-refractivity contribution >= 4 is 11.3 Å². The second-order valence-corrected chi connectivity index (χ2v) is 7.42. The van der Waals surface area contributed by atoms with E-state index in [1.165, 1.54) is 22.3 Å². The Balaban J connectivity index is 1.74. The number of hydrogen-bond acceptors (Lipinski definition) is 1. The fraction of sp³-hybridized carbons (Fsp3) is 0.120. The molecule has 1 aliphatic carbocycles. The van der Waals surface area contributed by atoms with E-state index in [-0.39, 0.29) is 5.41 Å². The van der Waals surface area contributed by atoms with Crippen LogP contribution in [0.2, 0.25) is 0 Å². The van der Waals surface area contributed by atoms with Gasteiger partial charge in [0.2, 0.25) is 0 Å². The minimum Gasteiger partial charge on any atom is -0.398 e. The van der Waals surface area contributed by atoms with Crippen LogP contribution in [0.25, 0.3) is 22.4 Å². The summed E-state index contributed by atoms with van der Waals surface area (Å²) in [6.45, 7) is 8.73. The molecule has 0 radical (unpaired) electrons. The van der Waals surface area contributed by atoms with Crippen molar-refractivity contribution in [3.8, 4) is 11.1 Å². The van der Waals surface area contributed by atoms with Crippen LogP contribution in [-0.2, 0) is 5.41 Å². The van der Waals surface area contributed by atoms with Crippen LogP contribution in [0.1, 0.15) is 36.1 Å². The third-order valence-electron chi connectivity index (χ3n) is 5.39. The van der Waals surface area contributed by atoms with Gasteiger partial charge in [-0.15, -0.1) is 0 Å². The predicted molar refractivity (Wildman–Crippen MR) is 112 cm³/mol. The second kappa shape index (κ2) is 6.03. The van der Waals surface area contributed by atoms with E-state index in [9.17, 15) is 0 Å². The van der Waals surface area contributed by atoms with E-state index in [2.05, 4.69) is 75.0 Å². The lowest BCUT2D eigenvalue weighted by molar-refractivity contribution is 0.660. The summed E-state index contributed by atoms with van der Waals surface area (Å²) in [6, 6.07) is 25.3. The van der Waals surface area contributed by atoms with Gasteiger partial charge in [0.25, 0.3) is 0 Å². The number of benzene rings is 3. The van der Waals surface area contributed by atoms with E-state index in [1.807, 2.05) is 24.3 Å². The summed E-state index contributed by atoms with van der Waals surface area (Å²) in [5.41, 5.74) is 15.6. The highest BCUT2D eigenvalue weighted by atomic mass is 14.6. The van der Waals surface area contributed by atoms with Gasteiger partial charge in [-0.25, -0.2) is 0 Å². The van der Waals surface area contributed by atoms with E-state index in [1.54, 1.807) is 0 Å². The molecule has 0 saturated heterocycles. The highest BCUT2D eigenvalue weighted by molar-refractivity contribution is 5.85. The summed E-state index contributed by atoms with van der Waals surface area (Å²) in [5.74, 6) is 0. The number of fused-ring (bicyclic) bond motifs is 3. The summed E-state index contributed by atoms with van der Waals surface area (Å²) in [6.07, 6.45) is 1.96. The van der Waals surface area contributed by atoms with Crippen LogP contribution >= 0.6 is 0 Å². The highest BCUT2D eigenvalue weighted by Gasteiger charge is 2.35. The van der Waals surface area contributed by atoms with E-state index < -0.39 is 0 Å². The highest BCUT2D eigenvalue weighted by Crippen LogP contribution is 2.48. The molecule has 26 heavy (non-hydrogen) atoms. The maximum Gasteiger partial charge on any atom is 0.0393 e. The van der Waals surface area contributed by atoms with Crippen molar-refractivity contribution in [2.45, 2.75) is 19.3 Å². The van der Waals surface area contributed by atoms with E-state index in [0.717, 1.165) is 22.4 Å². The van der Waals surface area contributed by atoms with Crippen molar-refractivity contribution in [2.75, 3.05) is 0 Å². The summed E-state index contributed by atoms with van der Waals surface area (Å²) in [5, 5.41) is 0. The van der Waals surface area contributed by atoms with Gasteiger partial charge >= 0.3 is 0 Å². The number of nitrogens with two attached hydrogens (primary N) is 1. The Morgan fingerprint density at radius 1 is 0.808 bits per heavy atom. The molecule has 3 aromatic rings. The molecule has 0 aromatic heterocycles. The fourth-order valence-corrected chi connectivity index (χ4v) is 3.89. The van der Waals surface area contributed by atoms with Gasteiger partial charge in [0, 0.05) is 11.1 Å². The summed E-state index contributed by atoms with van der Waals surface area (Å²) in [4.78, 5) is 0. The summed E-state index contributed by atoms with van der Waals surface area (Å²) in [7, 11) is 0. The number of rotatable bonds is 3. The third kappa shape index (κ3) is 2.57. The Morgan fingerprint density at radius 3 is 2.23 bits per heavy atom. The molecule has 0 fully saturated rings. The molecule has 0 heterocycles. The van der Waals surface area contributed by atoms with Crippen LogP contribution in [0.5, 0.6) is 0 Å². The molecule has 1 nitrogen and oxygen atoms in total. The first-order valence-corrected chi connectivity index (χ1v) is 8.95. The van der Waals surface area contributed by atoms with Gasteiger partial charge in [-0.3, -0.25) is 0 Å². The van der Waals surface area contributed by atoms with Gasteiger partial charge in [-0.1, -0.05) is 87.2 Å². The zero-order valence-electron chi connectivity index (χ0n) is 15.3. The fourth-order valence-electron chi connectivity index (χ4n) is 3.89. The lowest BCUT2D eigenvalue weighted by atomic mass is 9.82. The third-order valence-corrected chi connectivity index (χ3v) is 5.39. The minimum atomic E-state index is -0.0152. The molecule has 0 atom stereocenters. The molecule has 1 aliphatic rings. The maximum absolute atomic E-state index is 6.42. The molecule has 0 spiro atoms. The molecular weight excluding hydrogens is 314 g/mol. The predicted octanol–water partition coefficient (Wildman–Crippen LogP) is 6.01. The molecule has 4 rings (SSSR count). The van der Waals surface area contributed by atoms with Crippen molar-refractivity contribution in [3.63, 3.8) is 0 Å². The zero-order valence-corrected chi connectivity index (χ0v) is 15.3. The van der Waals surface area contributed by atoms with Crippen molar-refractivity contribution < 1.29 is 0 Å². The molecule has 0 saturated carbocycles. The minimum absolute atomic E-state index is 0.0152. The Labute approximate surface area is 155 Å². The van der Waals surface area contributed by atoms with Crippen LogP contribution in [-0.4, -0.2) is 0 Å². The molecule has 0 aliphatic heterocycles. The van der Waals surface area contributed by atoms with E-state index >= 15 is 0 Å². The van der Waals surface area contributed by atoms with Gasteiger partial charge in [0.05, 0.1) is 0 Å². The largest absolute Gasteiger partial charge is 0.398 e. The first kappa shape index (κ1) is 16.4. The SMILES string of the molecule is C=C(/C=C(\N)c1ccc2c(c1)C(C)(C)c1ccccc1-2)c1ccccc1. The maximum atomic E-state index is 6.42. The van der Waals surface area contributed by atoms with Crippen molar-refractivity contribution in [1.82, 2.24) is 0 Å². The van der Waals surface area contributed by atoms with Crippen LogP contribution in [0, 0.1) is 0 Å². The number of hydrogen-bond donors (Lipinski definition) is 1. The van der Waals surface area contributed by atoms with Gasteiger partial charge in [-0.05, 0) is 51.1 Å². The lowest BCUT2D eigenvalue weighted by Gasteiger charge is -2.22. The van der Waals surface area contributed by atoms with E-state index in [4.69, 9.17) is 5.73 Å². The van der Waals surface area contributed by atoms with Gasteiger partial charge in [0.1, 0.15) is 0 Å². The molecule has 128 valence electrons. The van der Waals surface area contributed by atoms with Gasteiger partial charge in [0.15, 0.2) is 0 Å². The van der Waals surface area contributed by atoms with Crippen LogP contribution < -0.4 is 5.73 Å². The van der Waals surface area contributed by atoms with Crippen LogP contribution in [0.3, 0.4) is 0 Å². The molecule has 2 N–H and O–H groups in total. The Hall–Kier alpha value is -3.06. The van der Waals surface area contributed by atoms with Crippen molar-refractivity contribution in [3.05, 3.63) is 108 Å². The molecule has 1 heteroatoms. The first-order valence-electron chi connectivity index (χ1n) is 8.95. The Bertz CT molecular complexity index is 1020. The molecule has 3 aromatic carbocycles. The average molecular weight is 337 g/mol. The molecule has 0 amide bonds. The Kier molecular flexibility index (Phi) is 3.81. The standard InChI is InChI=1S/C25H23N/c1-17(18-9-5-4-6-10-18)15-24(26)19-13-14-21-20-11-7-8-12-22(20)25(2,3)23(21)16-19/h4-16H,1,26H2,2-3H3/b24-15-. The van der Waals surface area contributed by atoms with Crippen molar-refractivity contribution in [2.24, 2.45) is 5.73 Å². The second-order valence-electron chi connectivity index (χ2n) is 7.42. The quantitative estimate of drug-likeness (QED) is 0.582. The first-order chi connectivity index (χ1) is 12.5. The number of allylic oxidation sites excluding steroid dienone is 2. The Morgan fingerprint density at radius 2 is 1.46 bits per heavy atom. The lowest BCUT2D eigenvalue weighted by Crippen LogP contribution is -2.15. The smallest absolute Gasteiger partial charge is 0.0393 e. The van der Waals surface area contributed by atoms with Crippen molar-refractivity contribution in [1.29, 1.82) is 0 Å². The summed E-state index contributed by atoms with van der Waals surface area (Å²) < 4.78 is 0. The van der Waals surface area contributed by atoms with E-state index in [0.29, 0.717) is 0 Å². The zero-order chi connectivity index (χ0) is 18.3. The van der Waals surface area contributed by atoms with Crippen LogP contribution in [0.15, 0.2) is 85.5 Å². The average Bonchev–Trinajstić information content (AvgIpc) is 2.90. The van der Waals surface area contributed by atoms with Crippen LogP contribution in [0.4, 0.5) is 0 Å². The van der Waals surface area contributed by atoms with Gasteiger partial charge < -0.3 is 5.73 Å². The normalized spacial score (nSPS) is 14.6. The molecular formula is C25H23N. The molecule has 0 unspecified atom stereocenters. The summed E-state index contributed by atoms with van der Waals surface area (Å²) >= 11 is 0. The monoisotopic (exact) mass is 337 g/mol. The van der Waals surface area contributed by atoms with Gasteiger partial charge in [-0.2, -0.15) is 0 Å². The topological polar surface area (TPSA) is 26.0 Å².